The Morgan fingerprint density at radius 3 is 2.68 bits per heavy atom. The molecule has 2 aromatic heterocycles. The van der Waals surface area contributed by atoms with Crippen LogP contribution in [0.3, 0.4) is 0 Å². The summed E-state index contributed by atoms with van der Waals surface area (Å²) in [6.07, 6.45) is 4.48. The Hall–Kier alpha value is -2.56. The molecule has 3 heterocycles. The zero-order valence-corrected chi connectivity index (χ0v) is 19.1. The van der Waals surface area contributed by atoms with Crippen LogP contribution in [0.25, 0.3) is 5.69 Å². The number of carbonyl (C=O) groups excluding carboxylic acids is 1. The molecule has 0 aliphatic carbocycles. The number of carbonyl (C=O) groups is 1. The Labute approximate surface area is 186 Å². The van der Waals surface area contributed by atoms with Crippen LogP contribution in [0, 0.1) is 5.92 Å². The first kappa shape index (κ1) is 21.7. The minimum atomic E-state index is -3.54. The summed E-state index contributed by atoms with van der Waals surface area (Å²) in [5.74, 6) is -0.371. The summed E-state index contributed by atoms with van der Waals surface area (Å²) in [7, 11) is -1.76. The molecule has 8 nitrogen and oxygen atoms in total. The van der Waals surface area contributed by atoms with Gasteiger partial charge >= 0.3 is 0 Å². The Kier molecular flexibility index (Phi) is 6.22. The third-order valence-electron chi connectivity index (χ3n) is 5.81. The number of hydrogen-bond donors (Lipinski definition) is 0. The Balaban J connectivity index is 1.44. The maximum Gasteiger partial charge on any atom is 0.252 e. The van der Waals surface area contributed by atoms with Crippen molar-refractivity contribution < 1.29 is 13.2 Å². The van der Waals surface area contributed by atoms with Gasteiger partial charge in [-0.15, -0.1) is 11.3 Å². The average Bonchev–Trinajstić information content (AvgIpc) is 3.52. The van der Waals surface area contributed by atoms with Gasteiger partial charge in [0, 0.05) is 20.1 Å². The van der Waals surface area contributed by atoms with Gasteiger partial charge in [-0.3, -0.25) is 4.79 Å². The Morgan fingerprint density at radius 2 is 2.03 bits per heavy atom. The third-order valence-corrected chi connectivity index (χ3v) is 9.05. The van der Waals surface area contributed by atoms with E-state index in [1.807, 2.05) is 31.2 Å². The fourth-order valence-electron chi connectivity index (χ4n) is 3.85. The zero-order chi connectivity index (χ0) is 22.0. The van der Waals surface area contributed by atoms with Crippen LogP contribution >= 0.6 is 11.3 Å². The van der Waals surface area contributed by atoms with Crippen molar-refractivity contribution in [3.8, 4) is 5.69 Å². The van der Waals surface area contributed by atoms with Gasteiger partial charge in [-0.1, -0.05) is 18.2 Å². The Bertz CT molecular complexity index is 1110. The molecule has 2 unspecified atom stereocenters. The smallest absolute Gasteiger partial charge is 0.252 e. The molecule has 0 spiro atoms. The zero-order valence-electron chi connectivity index (χ0n) is 17.5. The summed E-state index contributed by atoms with van der Waals surface area (Å²) >= 11 is 1.21. The molecule has 0 N–H and O–H groups in total. The minimum absolute atomic E-state index is 0.0288. The molecule has 10 heteroatoms. The van der Waals surface area contributed by atoms with Crippen molar-refractivity contribution in [2.24, 2.45) is 5.92 Å². The molecule has 4 rings (SSSR count). The summed E-state index contributed by atoms with van der Waals surface area (Å²) in [5.41, 5.74) is 1.89. The van der Waals surface area contributed by atoms with E-state index >= 15 is 0 Å². The van der Waals surface area contributed by atoms with Gasteiger partial charge in [-0.25, -0.2) is 18.1 Å². The van der Waals surface area contributed by atoms with Crippen LogP contribution < -0.4 is 0 Å². The molecular weight excluding hydrogens is 434 g/mol. The van der Waals surface area contributed by atoms with Gasteiger partial charge in [0.15, 0.2) is 0 Å². The summed E-state index contributed by atoms with van der Waals surface area (Å²) in [6.45, 7) is 2.65. The van der Waals surface area contributed by atoms with Gasteiger partial charge in [0.2, 0.25) is 5.91 Å². The predicted octanol–water partition coefficient (Wildman–Crippen LogP) is 2.95. The lowest BCUT2D eigenvalue weighted by Gasteiger charge is -2.35. The monoisotopic (exact) mass is 459 g/mol. The number of rotatable bonds is 6. The maximum absolute atomic E-state index is 13.2. The summed E-state index contributed by atoms with van der Waals surface area (Å²) < 4.78 is 29.2. The molecule has 164 valence electrons. The van der Waals surface area contributed by atoms with E-state index in [1.54, 1.807) is 40.5 Å². The second-order valence-electron chi connectivity index (χ2n) is 7.69. The van der Waals surface area contributed by atoms with Gasteiger partial charge in [-0.05, 0) is 48.9 Å². The van der Waals surface area contributed by atoms with Crippen LogP contribution in [-0.2, 0) is 14.8 Å². The van der Waals surface area contributed by atoms with Crippen LogP contribution in [0.4, 0.5) is 0 Å². The molecule has 0 radical (unpaired) electrons. The number of amides is 1. The third kappa shape index (κ3) is 4.41. The van der Waals surface area contributed by atoms with Gasteiger partial charge in [0.1, 0.15) is 16.9 Å². The summed E-state index contributed by atoms with van der Waals surface area (Å²) in [6, 6.07) is 11.0. The van der Waals surface area contributed by atoms with Crippen LogP contribution in [0.5, 0.6) is 0 Å². The first-order valence-corrected chi connectivity index (χ1v) is 12.4. The fourth-order valence-corrected chi connectivity index (χ4v) is 6.52. The first-order chi connectivity index (χ1) is 14.9. The molecule has 1 fully saturated rings. The lowest BCUT2D eigenvalue weighted by Crippen LogP contribution is -2.46. The van der Waals surface area contributed by atoms with E-state index in [9.17, 15) is 13.2 Å². The van der Waals surface area contributed by atoms with Crippen molar-refractivity contribution in [3.63, 3.8) is 0 Å². The van der Waals surface area contributed by atoms with Gasteiger partial charge in [0.05, 0.1) is 17.6 Å². The largest absolute Gasteiger partial charge is 0.339 e. The number of hydrogen-bond acceptors (Lipinski definition) is 6. The normalized spacial score (nSPS) is 18.6. The highest BCUT2D eigenvalue weighted by Gasteiger charge is 2.35. The van der Waals surface area contributed by atoms with Gasteiger partial charge in [-0.2, -0.15) is 9.40 Å². The summed E-state index contributed by atoms with van der Waals surface area (Å²) in [5, 5.41) is 5.87. The highest BCUT2D eigenvalue weighted by Crippen LogP contribution is 2.29. The molecule has 31 heavy (non-hydrogen) atoms. The molecular formula is C21H25N5O3S2. The quantitative estimate of drug-likeness (QED) is 0.566. The highest BCUT2D eigenvalue weighted by atomic mass is 32.2. The van der Waals surface area contributed by atoms with Crippen LogP contribution in [0.1, 0.15) is 31.4 Å². The topological polar surface area (TPSA) is 88.4 Å². The van der Waals surface area contributed by atoms with Crippen molar-refractivity contribution in [1.82, 2.24) is 24.0 Å². The number of aromatic nitrogens is 3. The molecule has 1 aliphatic rings. The van der Waals surface area contributed by atoms with Crippen molar-refractivity contribution >= 4 is 27.3 Å². The number of nitrogens with zero attached hydrogens (tertiary/aromatic N) is 5. The molecule has 1 aliphatic heterocycles. The fraction of sp³-hybridized carbons (Fsp3) is 0.381. The number of piperidine rings is 1. The van der Waals surface area contributed by atoms with Crippen molar-refractivity contribution in [2.45, 2.75) is 30.0 Å². The van der Waals surface area contributed by atoms with Crippen LogP contribution in [-0.4, -0.2) is 58.4 Å². The van der Waals surface area contributed by atoms with E-state index in [-0.39, 0.29) is 24.4 Å². The SMILES string of the molecule is CC(c1ccc(-n2cncn2)cc1)N(C)C(=O)C1CCCN(S(=O)(=O)c2cccs2)C1. The molecule has 3 aromatic rings. The number of sulfonamides is 1. The van der Waals surface area contributed by atoms with E-state index in [0.717, 1.165) is 11.3 Å². The number of thiophene rings is 1. The lowest BCUT2D eigenvalue weighted by molar-refractivity contribution is -0.137. The van der Waals surface area contributed by atoms with E-state index in [1.165, 1.54) is 22.0 Å². The second kappa shape index (κ2) is 8.89. The number of benzene rings is 1. The average molecular weight is 460 g/mol. The minimum Gasteiger partial charge on any atom is -0.339 e. The van der Waals surface area contributed by atoms with E-state index in [4.69, 9.17) is 0 Å². The molecule has 0 bridgehead atoms. The predicted molar refractivity (Wildman–Crippen MR) is 118 cm³/mol. The maximum atomic E-state index is 13.2. The van der Waals surface area contributed by atoms with Crippen LogP contribution in [0.15, 0.2) is 58.6 Å². The highest BCUT2D eigenvalue weighted by molar-refractivity contribution is 7.91. The molecule has 1 amide bonds. The molecule has 0 saturated carbocycles. The van der Waals surface area contributed by atoms with E-state index in [0.29, 0.717) is 23.6 Å². The van der Waals surface area contributed by atoms with Crippen molar-refractivity contribution in [2.75, 3.05) is 20.1 Å². The molecule has 2 atom stereocenters. The van der Waals surface area contributed by atoms with Crippen LogP contribution in [0.2, 0.25) is 0 Å². The Morgan fingerprint density at radius 1 is 1.26 bits per heavy atom. The first-order valence-electron chi connectivity index (χ1n) is 10.1. The molecule has 1 saturated heterocycles. The lowest BCUT2D eigenvalue weighted by atomic mass is 9.96. The molecule has 1 aromatic carbocycles. The van der Waals surface area contributed by atoms with Crippen molar-refractivity contribution in [1.29, 1.82) is 0 Å². The van der Waals surface area contributed by atoms with Crippen molar-refractivity contribution in [3.05, 3.63) is 60.0 Å². The standard InChI is InChI=1S/C21H25N5O3S2/c1-16(17-7-9-19(10-8-17)26-15-22-14-23-26)24(2)21(27)18-5-3-11-25(13-18)31(28,29)20-6-4-12-30-20/h4,6-10,12,14-16,18H,3,5,11,13H2,1-2H3. The van der Waals surface area contributed by atoms with Gasteiger partial charge < -0.3 is 4.90 Å². The van der Waals surface area contributed by atoms with E-state index in [2.05, 4.69) is 10.1 Å². The van der Waals surface area contributed by atoms with E-state index < -0.39 is 10.0 Å². The summed E-state index contributed by atoms with van der Waals surface area (Å²) in [4.78, 5) is 18.9. The van der Waals surface area contributed by atoms with Gasteiger partial charge in [0.25, 0.3) is 10.0 Å². The second-order valence-corrected chi connectivity index (χ2v) is 10.8.